The summed E-state index contributed by atoms with van der Waals surface area (Å²) in [6.07, 6.45) is -11.2. The molecular formula is C17H17F6N3O. The fourth-order valence-corrected chi connectivity index (χ4v) is 3.16. The highest BCUT2D eigenvalue weighted by atomic mass is 19.4. The first-order valence-electron chi connectivity index (χ1n) is 8.26. The summed E-state index contributed by atoms with van der Waals surface area (Å²) >= 11 is 0. The molecule has 2 aromatic rings. The topological polar surface area (TPSA) is 48.4 Å². The molecule has 2 N–H and O–H groups in total. The van der Waals surface area contributed by atoms with Gasteiger partial charge in [-0.1, -0.05) is 12.1 Å². The van der Waals surface area contributed by atoms with E-state index < -0.39 is 35.2 Å². The van der Waals surface area contributed by atoms with Crippen molar-refractivity contribution < 1.29 is 31.4 Å². The molecule has 10 heteroatoms. The predicted molar refractivity (Wildman–Crippen MR) is 86.0 cm³/mol. The standard InChI is InChI=1S/C17H17F6N3O/c18-16(19,20)12-3-1-2-10-11(8-14(17(21,22)23)25-15(10)12)13(27)9-26-6-4-24-5-7-26/h1-3,8,13,24,27H,4-7,9H2/t13-/m1/s1. The van der Waals surface area contributed by atoms with Crippen molar-refractivity contribution in [2.45, 2.75) is 18.5 Å². The molecule has 27 heavy (non-hydrogen) atoms. The van der Waals surface area contributed by atoms with Gasteiger partial charge in [0, 0.05) is 38.1 Å². The van der Waals surface area contributed by atoms with Crippen molar-refractivity contribution in [2.75, 3.05) is 32.7 Å². The lowest BCUT2D eigenvalue weighted by Gasteiger charge is -2.29. The van der Waals surface area contributed by atoms with E-state index in [4.69, 9.17) is 0 Å². The molecule has 4 nitrogen and oxygen atoms in total. The van der Waals surface area contributed by atoms with Crippen molar-refractivity contribution in [2.24, 2.45) is 0 Å². The third kappa shape index (κ3) is 4.33. The normalized spacial score (nSPS) is 18.0. The third-order valence-electron chi connectivity index (χ3n) is 4.47. The first-order chi connectivity index (χ1) is 12.6. The Morgan fingerprint density at radius 2 is 1.74 bits per heavy atom. The Balaban J connectivity index is 2.12. The lowest BCUT2D eigenvalue weighted by molar-refractivity contribution is -0.142. The molecule has 0 saturated carbocycles. The highest BCUT2D eigenvalue weighted by Crippen LogP contribution is 2.39. The molecule has 0 bridgehead atoms. The minimum atomic E-state index is -4.93. The van der Waals surface area contributed by atoms with Crippen LogP contribution in [0.15, 0.2) is 24.3 Å². The second-order valence-electron chi connectivity index (χ2n) is 6.36. The number of hydrogen-bond donors (Lipinski definition) is 2. The maximum Gasteiger partial charge on any atom is 0.433 e. The van der Waals surface area contributed by atoms with Gasteiger partial charge < -0.3 is 10.4 Å². The van der Waals surface area contributed by atoms with Crippen molar-refractivity contribution in [1.29, 1.82) is 0 Å². The van der Waals surface area contributed by atoms with Gasteiger partial charge >= 0.3 is 12.4 Å². The fourth-order valence-electron chi connectivity index (χ4n) is 3.16. The van der Waals surface area contributed by atoms with E-state index in [1.165, 1.54) is 6.07 Å². The number of halogens is 6. The zero-order chi connectivity index (χ0) is 19.8. The van der Waals surface area contributed by atoms with Gasteiger partial charge in [-0.15, -0.1) is 0 Å². The van der Waals surface area contributed by atoms with Crippen LogP contribution < -0.4 is 5.32 Å². The van der Waals surface area contributed by atoms with E-state index in [0.29, 0.717) is 38.3 Å². The van der Waals surface area contributed by atoms with Gasteiger partial charge in [-0.3, -0.25) is 4.90 Å². The van der Waals surface area contributed by atoms with Crippen molar-refractivity contribution in [3.8, 4) is 0 Å². The minimum Gasteiger partial charge on any atom is -0.387 e. The molecule has 1 fully saturated rings. The fraction of sp³-hybridized carbons (Fsp3) is 0.471. The quantitative estimate of drug-likeness (QED) is 0.787. The number of aliphatic hydroxyl groups excluding tert-OH is 1. The van der Waals surface area contributed by atoms with Gasteiger partial charge in [0.05, 0.1) is 17.2 Å². The summed E-state index contributed by atoms with van der Waals surface area (Å²) in [6.45, 7) is 2.51. The highest BCUT2D eigenvalue weighted by molar-refractivity contribution is 5.86. The third-order valence-corrected chi connectivity index (χ3v) is 4.47. The van der Waals surface area contributed by atoms with E-state index in [-0.39, 0.29) is 17.5 Å². The number of pyridine rings is 1. The van der Waals surface area contributed by atoms with Gasteiger partial charge in [0.15, 0.2) is 0 Å². The predicted octanol–water partition coefficient (Wildman–Crippen LogP) is 3.21. The number of aliphatic hydroxyl groups is 1. The number of hydrogen-bond acceptors (Lipinski definition) is 4. The molecule has 3 rings (SSSR count). The van der Waals surface area contributed by atoms with Gasteiger partial charge in [0.25, 0.3) is 0 Å². The van der Waals surface area contributed by atoms with Crippen LogP contribution in [0.2, 0.25) is 0 Å². The summed E-state index contributed by atoms with van der Waals surface area (Å²) in [4.78, 5) is 5.06. The average Bonchev–Trinajstić information content (AvgIpc) is 2.59. The molecule has 1 aliphatic rings. The number of nitrogens with zero attached hydrogens (tertiary/aromatic N) is 2. The zero-order valence-electron chi connectivity index (χ0n) is 14.0. The summed E-state index contributed by atoms with van der Waals surface area (Å²) < 4.78 is 79.4. The van der Waals surface area contributed by atoms with Crippen molar-refractivity contribution >= 4 is 10.9 Å². The van der Waals surface area contributed by atoms with Crippen LogP contribution in [0, 0.1) is 0 Å². The molecule has 1 atom stereocenters. The zero-order valence-corrected chi connectivity index (χ0v) is 14.0. The average molecular weight is 393 g/mol. The summed E-state index contributed by atoms with van der Waals surface area (Å²) in [6, 6.07) is 3.66. The maximum absolute atomic E-state index is 13.3. The first kappa shape index (κ1) is 19.8. The Morgan fingerprint density at radius 1 is 1.07 bits per heavy atom. The van der Waals surface area contributed by atoms with E-state index in [9.17, 15) is 31.4 Å². The molecule has 1 aromatic carbocycles. The van der Waals surface area contributed by atoms with Crippen LogP contribution in [0.4, 0.5) is 26.3 Å². The molecule has 0 unspecified atom stereocenters. The van der Waals surface area contributed by atoms with Gasteiger partial charge in [0.1, 0.15) is 5.69 Å². The van der Waals surface area contributed by atoms with Crippen LogP contribution in [0.25, 0.3) is 10.9 Å². The van der Waals surface area contributed by atoms with Gasteiger partial charge in [-0.2, -0.15) is 26.3 Å². The largest absolute Gasteiger partial charge is 0.433 e. The molecule has 2 heterocycles. The maximum atomic E-state index is 13.3. The molecule has 148 valence electrons. The van der Waals surface area contributed by atoms with Crippen LogP contribution >= 0.6 is 0 Å². The summed E-state index contributed by atoms with van der Waals surface area (Å²) in [7, 11) is 0. The molecule has 1 saturated heterocycles. The molecule has 1 aliphatic heterocycles. The van der Waals surface area contributed by atoms with E-state index in [1.807, 2.05) is 4.90 Å². The van der Waals surface area contributed by atoms with Gasteiger partial charge in [-0.05, 0) is 17.7 Å². The number of alkyl halides is 6. The Kier molecular flexibility index (Phi) is 5.33. The van der Waals surface area contributed by atoms with Crippen LogP contribution in [0.3, 0.4) is 0 Å². The Morgan fingerprint density at radius 3 is 2.33 bits per heavy atom. The molecule has 0 spiro atoms. The SMILES string of the molecule is O[C@H](CN1CCNCC1)c1cc(C(F)(F)F)nc2c(C(F)(F)F)cccc12. The second-order valence-corrected chi connectivity index (χ2v) is 6.36. The minimum absolute atomic E-state index is 0.0222. The van der Waals surface area contributed by atoms with Crippen molar-refractivity contribution in [3.05, 3.63) is 41.1 Å². The van der Waals surface area contributed by atoms with Crippen LogP contribution in [0.5, 0.6) is 0 Å². The lowest BCUT2D eigenvalue weighted by Crippen LogP contribution is -2.45. The van der Waals surface area contributed by atoms with Crippen molar-refractivity contribution in [1.82, 2.24) is 15.2 Å². The molecule has 0 radical (unpaired) electrons. The number of rotatable bonds is 3. The summed E-state index contributed by atoms with van der Waals surface area (Å²) in [5.74, 6) is 0. The van der Waals surface area contributed by atoms with Crippen LogP contribution in [0.1, 0.15) is 22.9 Å². The number of fused-ring (bicyclic) bond motifs is 1. The van der Waals surface area contributed by atoms with Crippen molar-refractivity contribution in [3.63, 3.8) is 0 Å². The number of benzene rings is 1. The Bertz CT molecular complexity index is 815. The van der Waals surface area contributed by atoms with E-state index in [2.05, 4.69) is 10.3 Å². The number of nitrogens with one attached hydrogen (secondary N) is 1. The molecule has 0 amide bonds. The van der Waals surface area contributed by atoms with Crippen LogP contribution in [-0.4, -0.2) is 47.7 Å². The first-order valence-corrected chi connectivity index (χ1v) is 8.26. The second kappa shape index (κ2) is 7.25. The summed E-state index contributed by atoms with van der Waals surface area (Å²) in [5.41, 5.74) is -3.74. The highest BCUT2D eigenvalue weighted by Gasteiger charge is 2.38. The Hall–Kier alpha value is -1.91. The number of piperazine rings is 1. The summed E-state index contributed by atoms with van der Waals surface area (Å²) in [5, 5.41) is 13.5. The molecule has 1 aromatic heterocycles. The van der Waals surface area contributed by atoms with E-state index >= 15 is 0 Å². The smallest absolute Gasteiger partial charge is 0.387 e. The Labute approximate surface area is 150 Å². The number of aromatic nitrogens is 1. The molecule has 0 aliphatic carbocycles. The molecular weight excluding hydrogens is 376 g/mol. The van der Waals surface area contributed by atoms with E-state index in [0.717, 1.165) is 6.07 Å². The van der Waals surface area contributed by atoms with Gasteiger partial charge in [0.2, 0.25) is 0 Å². The van der Waals surface area contributed by atoms with Crippen LogP contribution in [-0.2, 0) is 12.4 Å². The lowest BCUT2D eigenvalue weighted by atomic mass is 9.99. The number of para-hydroxylation sites is 1. The van der Waals surface area contributed by atoms with Gasteiger partial charge in [-0.25, -0.2) is 4.98 Å². The monoisotopic (exact) mass is 393 g/mol. The number of β-amino-alcohol motifs (C(OH)–C–C–N with tert-alkyl or cyclic N) is 1. The van der Waals surface area contributed by atoms with E-state index in [1.54, 1.807) is 0 Å².